The van der Waals surface area contributed by atoms with Crippen LogP contribution in [0, 0.1) is 0 Å². The summed E-state index contributed by atoms with van der Waals surface area (Å²) in [5.74, 6) is 0. The Morgan fingerprint density at radius 3 is 2.90 bits per heavy atom. The molecule has 0 aliphatic carbocycles. The van der Waals surface area contributed by atoms with E-state index >= 15 is 0 Å². The molecule has 1 aromatic rings. The molecule has 2 unspecified atom stereocenters. The summed E-state index contributed by atoms with van der Waals surface area (Å²) in [7, 11) is 0. The van der Waals surface area contributed by atoms with E-state index in [4.69, 9.17) is 0 Å². The lowest BCUT2D eigenvalue weighted by Crippen LogP contribution is -2.51. The third kappa shape index (κ3) is 3.13. The van der Waals surface area contributed by atoms with Crippen molar-refractivity contribution >= 4 is 0 Å². The van der Waals surface area contributed by atoms with Gasteiger partial charge in [0.05, 0.1) is 0 Å². The van der Waals surface area contributed by atoms with Gasteiger partial charge in [-0.25, -0.2) is 0 Å². The van der Waals surface area contributed by atoms with Crippen molar-refractivity contribution in [2.45, 2.75) is 50.7 Å². The van der Waals surface area contributed by atoms with E-state index in [0.29, 0.717) is 12.1 Å². The number of aromatic nitrogens is 1. The van der Waals surface area contributed by atoms with Gasteiger partial charge in [-0.2, -0.15) is 0 Å². The summed E-state index contributed by atoms with van der Waals surface area (Å²) in [5.41, 5.74) is 0.111. The van der Waals surface area contributed by atoms with Gasteiger partial charge < -0.3 is 9.88 Å². The van der Waals surface area contributed by atoms with Gasteiger partial charge in [0.1, 0.15) is 0 Å². The van der Waals surface area contributed by atoms with E-state index in [1.807, 2.05) is 22.9 Å². The van der Waals surface area contributed by atoms with E-state index in [-0.39, 0.29) is 5.56 Å². The lowest BCUT2D eigenvalue weighted by molar-refractivity contribution is 0.115. The van der Waals surface area contributed by atoms with E-state index in [9.17, 15) is 4.79 Å². The molecule has 0 bridgehead atoms. The number of rotatable bonds is 4. The first-order valence-electron chi connectivity index (χ1n) is 7.97. The molecule has 2 atom stereocenters. The smallest absolute Gasteiger partial charge is 0.250 e. The molecular formula is C16H25N3O. The maximum Gasteiger partial charge on any atom is 0.250 e. The van der Waals surface area contributed by atoms with Crippen LogP contribution in [0.1, 0.15) is 32.1 Å². The minimum atomic E-state index is 0.111. The third-order valence-electron chi connectivity index (χ3n) is 4.75. The molecule has 4 heteroatoms. The minimum absolute atomic E-state index is 0.111. The Hall–Kier alpha value is -1.13. The standard InChI is InChI=1S/C16H25N3O/c20-16-8-2-4-11-19(16)13-12-18-10-3-1-7-15(18)14-6-5-9-17-14/h2,4,8,11,14-15,17H,1,3,5-7,9-10,12-13H2. The topological polar surface area (TPSA) is 37.3 Å². The monoisotopic (exact) mass is 275 g/mol. The Morgan fingerprint density at radius 2 is 2.10 bits per heavy atom. The molecule has 2 fully saturated rings. The molecule has 0 aromatic carbocycles. The Bertz CT molecular complexity index is 479. The average Bonchev–Trinajstić information content (AvgIpc) is 3.01. The van der Waals surface area contributed by atoms with Crippen molar-refractivity contribution in [3.8, 4) is 0 Å². The number of nitrogens with zero attached hydrogens (tertiary/aromatic N) is 2. The number of hydrogen-bond donors (Lipinski definition) is 1. The summed E-state index contributed by atoms with van der Waals surface area (Å²) in [5, 5.41) is 3.66. The molecule has 2 aliphatic rings. The van der Waals surface area contributed by atoms with E-state index in [0.717, 1.165) is 13.1 Å². The highest BCUT2D eigenvalue weighted by atomic mass is 16.1. The molecule has 0 amide bonds. The van der Waals surface area contributed by atoms with Gasteiger partial charge in [-0.3, -0.25) is 9.69 Å². The first-order chi connectivity index (χ1) is 9.84. The maximum atomic E-state index is 11.8. The van der Waals surface area contributed by atoms with Crippen LogP contribution in [0.25, 0.3) is 0 Å². The molecule has 0 saturated carbocycles. The van der Waals surface area contributed by atoms with E-state index in [1.54, 1.807) is 6.07 Å². The lowest BCUT2D eigenvalue weighted by Gasteiger charge is -2.39. The van der Waals surface area contributed by atoms with E-state index in [2.05, 4.69) is 10.2 Å². The SMILES string of the molecule is O=c1ccccn1CCN1CCCCC1C1CCCN1. The van der Waals surface area contributed by atoms with Gasteiger partial charge in [-0.1, -0.05) is 12.5 Å². The molecule has 2 saturated heterocycles. The highest BCUT2D eigenvalue weighted by molar-refractivity contribution is 4.94. The molecule has 3 heterocycles. The number of nitrogens with one attached hydrogen (secondary N) is 1. The Balaban J connectivity index is 1.62. The zero-order valence-corrected chi connectivity index (χ0v) is 12.1. The summed E-state index contributed by atoms with van der Waals surface area (Å²) in [6.07, 6.45) is 8.48. The zero-order chi connectivity index (χ0) is 13.8. The summed E-state index contributed by atoms with van der Waals surface area (Å²) < 4.78 is 1.83. The molecule has 3 rings (SSSR count). The molecule has 1 aromatic heterocycles. The van der Waals surface area contributed by atoms with Crippen LogP contribution in [0.15, 0.2) is 29.2 Å². The molecule has 2 aliphatic heterocycles. The van der Waals surface area contributed by atoms with Crippen LogP contribution in [0.5, 0.6) is 0 Å². The molecule has 0 spiro atoms. The molecule has 0 radical (unpaired) electrons. The average molecular weight is 275 g/mol. The van der Waals surface area contributed by atoms with Gasteiger partial charge >= 0.3 is 0 Å². The van der Waals surface area contributed by atoms with Gasteiger partial charge in [0.25, 0.3) is 5.56 Å². The highest BCUT2D eigenvalue weighted by Crippen LogP contribution is 2.23. The van der Waals surface area contributed by atoms with Gasteiger partial charge in [0.2, 0.25) is 0 Å². The fourth-order valence-corrected chi connectivity index (χ4v) is 3.67. The van der Waals surface area contributed by atoms with Crippen LogP contribution in [0.3, 0.4) is 0 Å². The Morgan fingerprint density at radius 1 is 1.15 bits per heavy atom. The molecule has 4 nitrogen and oxygen atoms in total. The summed E-state index contributed by atoms with van der Waals surface area (Å²) in [4.78, 5) is 14.4. The summed E-state index contributed by atoms with van der Waals surface area (Å²) in [6, 6.07) is 6.73. The zero-order valence-electron chi connectivity index (χ0n) is 12.1. The maximum absolute atomic E-state index is 11.8. The Kier molecular flexibility index (Phi) is 4.53. The minimum Gasteiger partial charge on any atom is -0.314 e. The predicted molar refractivity (Wildman–Crippen MR) is 80.9 cm³/mol. The van der Waals surface area contributed by atoms with Crippen molar-refractivity contribution < 1.29 is 0 Å². The summed E-state index contributed by atoms with van der Waals surface area (Å²) in [6.45, 7) is 4.16. The lowest BCUT2D eigenvalue weighted by atomic mass is 9.94. The normalized spacial score (nSPS) is 27.8. The third-order valence-corrected chi connectivity index (χ3v) is 4.75. The van der Waals surface area contributed by atoms with Crippen LogP contribution >= 0.6 is 0 Å². The van der Waals surface area contributed by atoms with Crippen LogP contribution < -0.4 is 10.9 Å². The van der Waals surface area contributed by atoms with E-state index < -0.39 is 0 Å². The highest BCUT2D eigenvalue weighted by Gasteiger charge is 2.31. The van der Waals surface area contributed by atoms with E-state index in [1.165, 1.54) is 45.2 Å². The fourth-order valence-electron chi connectivity index (χ4n) is 3.67. The number of piperidine rings is 1. The number of hydrogen-bond acceptors (Lipinski definition) is 3. The van der Waals surface area contributed by atoms with Crippen molar-refractivity contribution in [1.29, 1.82) is 0 Å². The van der Waals surface area contributed by atoms with Gasteiger partial charge in [0.15, 0.2) is 0 Å². The molecular weight excluding hydrogens is 250 g/mol. The van der Waals surface area contributed by atoms with Crippen molar-refractivity contribution in [3.05, 3.63) is 34.7 Å². The second-order valence-electron chi connectivity index (χ2n) is 6.03. The van der Waals surface area contributed by atoms with Crippen molar-refractivity contribution in [1.82, 2.24) is 14.8 Å². The van der Waals surface area contributed by atoms with Crippen molar-refractivity contribution in [3.63, 3.8) is 0 Å². The Labute approximate surface area is 120 Å². The molecule has 20 heavy (non-hydrogen) atoms. The predicted octanol–water partition coefficient (Wildman–Crippen LogP) is 1.45. The molecule has 1 N–H and O–H groups in total. The first kappa shape index (κ1) is 13.8. The number of pyridine rings is 1. The van der Waals surface area contributed by atoms with Crippen molar-refractivity contribution in [2.75, 3.05) is 19.6 Å². The largest absolute Gasteiger partial charge is 0.314 e. The second-order valence-corrected chi connectivity index (χ2v) is 6.03. The van der Waals surface area contributed by atoms with Crippen LogP contribution in [-0.4, -0.2) is 41.2 Å². The van der Waals surface area contributed by atoms with Crippen LogP contribution in [0.4, 0.5) is 0 Å². The second kappa shape index (κ2) is 6.55. The molecule has 110 valence electrons. The number of likely N-dealkylation sites (tertiary alicyclic amines) is 1. The van der Waals surface area contributed by atoms with Gasteiger partial charge in [-0.15, -0.1) is 0 Å². The van der Waals surface area contributed by atoms with Crippen LogP contribution in [0.2, 0.25) is 0 Å². The fraction of sp³-hybridized carbons (Fsp3) is 0.688. The van der Waals surface area contributed by atoms with Gasteiger partial charge in [0, 0.05) is 37.4 Å². The van der Waals surface area contributed by atoms with Crippen molar-refractivity contribution in [2.24, 2.45) is 0 Å². The van der Waals surface area contributed by atoms with Gasteiger partial charge in [-0.05, 0) is 44.8 Å². The van der Waals surface area contributed by atoms with Crippen LogP contribution in [-0.2, 0) is 6.54 Å². The summed E-state index contributed by atoms with van der Waals surface area (Å²) >= 11 is 0. The quantitative estimate of drug-likeness (QED) is 0.904. The first-order valence-corrected chi connectivity index (χ1v) is 7.97.